The van der Waals surface area contributed by atoms with Gasteiger partial charge in [0.1, 0.15) is 24.4 Å². The van der Waals surface area contributed by atoms with Crippen molar-refractivity contribution in [1.82, 2.24) is 9.78 Å². The minimum absolute atomic E-state index is 0.219. The van der Waals surface area contributed by atoms with Crippen molar-refractivity contribution in [2.75, 3.05) is 0 Å². The second-order valence-electron chi connectivity index (χ2n) is 13.6. The Morgan fingerprint density at radius 3 is 1.95 bits per heavy atom. The number of benzene rings is 2. The van der Waals surface area contributed by atoms with E-state index in [0.717, 1.165) is 18.2 Å². The number of rotatable bonds is 4. The fourth-order valence-corrected chi connectivity index (χ4v) is 9.12. The van der Waals surface area contributed by atoms with Crippen molar-refractivity contribution in [3.63, 3.8) is 0 Å². The van der Waals surface area contributed by atoms with Crippen LogP contribution in [0.3, 0.4) is 0 Å². The topological polar surface area (TPSA) is 30.9 Å². The van der Waals surface area contributed by atoms with Gasteiger partial charge in [-0.25, -0.2) is 4.57 Å². The average Bonchev–Trinajstić information content (AvgIpc) is 3.63. The van der Waals surface area contributed by atoms with Crippen molar-refractivity contribution in [2.24, 2.45) is 0 Å². The van der Waals surface area contributed by atoms with Crippen molar-refractivity contribution in [2.45, 2.75) is 139 Å². The van der Waals surface area contributed by atoms with E-state index < -0.39 is 0 Å². The SMILES string of the molecule is c1ccc2c(c1)C[C@@H]1OCc3nn(-c4c(C5CCCCC5)cc(C5CCCCC5)cc4C4CCCCC4)c[n+]3[C@H]21. The van der Waals surface area contributed by atoms with Gasteiger partial charge in [-0.15, -0.1) is 0 Å². The van der Waals surface area contributed by atoms with Gasteiger partial charge in [-0.1, -0.05) is 98.9 Å². The minimum atomic E-state index is 0.219. The first-order valence-electron chi connectivity index (χ1n) is 16.7. The highest BCUT2D eigenvalue weighted by Gasteiger charge is 2.44. The van der Waals surface area contributed by atoms with E-state index in [4.69, 9.17) is 9.84 Å². The van der Waals surface area contributed by atoms with Gasteiger partial charge in [-0.2, -0.15) is 0 Å². The average molecular weight is 537 g/mol. The highest BCUT2D eigenvalue weighted by Crippen LogP contribution is 2.45. The zero-order chi connectivity index (χ0) is 26.5. The lowest BCUT2D eigenvalue weighted by Gasteiger charge is -2.31. The van der Waals surface area contributed by atoms with Crippen LogP contribution in [0.4, 0.5) is 0 Å². The quantitative estimate of drug-likeness (QED) is 0.314. The van der Waals surface area contributed by atoms with Crippen molar-refractivity contribution >= 4 is 0 Å². The number of ether oxygens (including phenoxy) is 1. The summed E-state index contributed by atoms with van der Waals surface area (Å²) >= 11 is 0. The number of nitrogens with zero attached hydrogens (tertiary/aromatic N) is 3. The van der Waals surface area contributed by atoms with E-state index >= 15 is 0 Å². The van der Waals surface area contributed by atoms with Crippen molar-refractivity contribution < 1.29 is 9.30 Å². The Balaban J connectivity index is 1.29. The maximum atomic E-state index is 6.45. The monoisotopic (exact) mass is 536 g/mol. The predicted octanol–water partition coefficient (Wildman–Crippen LogP) is 8.35. The fraction of sp³-hybridized carbons (Fsp3) is 0.611. The molecule has 8 rings (SSSR count). The molecule has 0 amide bonds. The Morgan fingerprint density at radius 1 is 0.700 bits per heavy atom. The summed E-state index contributed by atoms with van der Waals surface area (Å²) in [5, 5.41) is 5.36. The second-order valence-corrected chi connectivity index (χ2v) is 13.6. The minimum Gasteiger partial charge on any atom is -0.363 e. The van der Waals surface area contributed by atoms with Gasteiger partial charge in [0.15, 0.2) is 0 Å². The molecule has 4 heteroatoms. The normalized spacial score (nSPS) is 25.9. The molecule has 1 aliphatic heterocycles. The molecule has 0 saturated heterocycles. The maximum Gasteiger partial charge on any atom is 0.304 e. The summed E-state index contributed by atoms with van der Waals surface area (Å²) < 4.78 is 11.3. The summed E-state index contributed by atoms with van der Waals surface area (Å²) in [5.74, 6) is 3.16. The largest absolute Gasteiger partial charge is 0.363 e. The zero-order valence-corrected chi connectivity index (χ0v) is 24.2. The van der Waals surface area contributed by atoms with Gasteiger partial charge in [0.2, 0.25) is 6.33 Å². The number of hydrogen-bond donors (Lipinski definition) is 0. The molecule has 5 aliphatic rings. The summed E-state index contributed by atoms with van der Waals surface area (Å²) in [6, 6.07) is 14.6. The first-order valence-corrected chi connectivity index (χ1v) is 16.7. The lowest BCUT2D eigenvalue weighted by molar-refractivity contribution is -0.739. The Bertz CT molecular complexity index is 1320. The summed E-state index contributed by atoms with van der Waals surface area (Å²) in [7, 11) is 0. The van der Waals surface area contributed by atoms with Crippen molar-refractivity contribution in [3.8, 4) is 5.69 Å². The van der Waals surface area contributed by atoms with Gasteiger partial charge in [0.25, 0.3) is 0 Å². The van der Waals surface area contributed by atoms with E-state index in [-0.39, 0.29) is 12.1 Å². The number of hydrogen-bond acceptors (Lipinski definition) is 2. The van der Waals surface area contributed by atoms with Crippen molar-refractivity contribution in [1.29, 1.82) is 0 Å². The molecule has 0 spiro atoms. The molecule has 0 unspecified atom stereocenters. The molecule has 2 heterocycles. The van der Waals surface area contributed by atoms with Gasteiger partial charge < -0.3 is 4.74 Å². The molecule has 4 nitrogen and oxygen atoms in total. The molecule has 0 radical (unpaired) electrons. The lowest BCUT2D eigenvalue weighted by Crippen LogP contribution is -2.51. The zero-order valence-electron chi connectivity index (χ0n) is 24.2. The van der Waals surface area contributed by atoms with Crippen LogP contribution in [0.15, 0.2) is 42.7 Å². The van der Waals surface area contributed by atoms with Crippen LogP contribution in [0, 0.1) is 0 Å². The molecule has 3 fully saturated rings. The van der Waals surface area contributed by atoms with Crippen LogP contribution < -0.4 is 4.57 Å². The third kappa shape index (κ3) is 4.46. The third-order valence-corrected chi connectivity index (χ3v) is 11.2. The summed E-state index contributed by atoms with van der Waals surface area (Å²) in [4.78, 5) is 0. The third-order valence-electron chi connectivity index (χ3n) is 11.2. The van der Waals surface area contributed by atoms with Crippen LogP contribution in [0.25, 0.3) is 5.69 Å². The van der Waals surface area contributed by atoms with Crippen LogP contribution in [0.1, 0.15) is 154 Å². The summed E-state index contributed by atoms with van der Waals surface area (Å²) in [6.45, 7) is 0.611. The van der Waals surface area contributed by atoms with E-state index in [0.29, 0.717) is 18.4 Å². The molecule has 210 valence electrons. The van der Waals surface area contributed by atoms with Gasteiger partial charge in [0.05, 0.1) is 0 Å². The highest BCUT2D eigenvalue weighted by molar-refractivity contribution is 5.54. The summed E-state index contributed by atoms with van der Waals surface area (Å²) in [5.41, 5.74) is 9.20. The standard InChI is InChI=1S/C36H46N3O/c1-4-12-25(13-5-1)29-20-31(26-14-6-2-7-15-26)35(32(21-29)27-16-8-3-9-17-27)39-24-38-34(37-39)23-40-33-22-28-18-10-11-19-30(28)36(33)38/h10-11,18-21,24-27,33,36H,1-9,12-17,22-23H2/q+1/t33-,36+/m0/s1. The molecule has 0 N–H and O–H groups in total. The van der Waals surface area contributed by atoms with E-state index in [1.165, 1.54) is 113 Å². The van der Waals surface area contributed by atoms with Crippen LogP contribution in [0.2, 0.25) is 0 Å². The first kappa shape index (κ1) is 25.3. The van der Waals surface area contributed by atoms with E-state index in [2.05, 4.69) is 52.0 Å². The highest BCUT2D eigenvalue weighted by atomic mass is 16.5. The molecule has 3 saturated carbocycles. The molecule has 0 bridgehead atoms. The molecule has 4 aliphatic carbocycles. The Hall–Kier alpha value is -2.46. The second kappa shape index (κ2) is 10.7. The van der Waals surface area contributed by atoms with Gasteiger partial charge in [-0.3, -0.25) is 0 Å². The fourth-order valence-electron chi connectivity index (χ4n) is 9.12. The van der Waals surface area contributed by atoms with Gasteiger partial charge in [-0.05, 0) is 84.1 Å². The van der Waals surface area contributed by atoms with Crippen LogP contribution >= 0.6 is 0 Å². The Kier molecular flexibility index (Phi) is 6.79. The Morgan fingerprint density at radius 2 is 1.30 bits per heavy atom. The molecule has 1 aromatic heterocycles. The van der Waals surface area contributed by atoms with E-state index in [9.17, 15) is 0 Å². The lowest BCUT2D eigenvalue weighted by atomic mass is 9.75. The molecule has 2 atom stereocenters. The molecular formula is C36H46N3O+. The molecule has 2 aromatic carbocycles. The van der Waals surface area contributed by atoms with Crippen LogP contribution in [0.5, 0.6) is 0 Å². The number of fused-ring (bicyclic) bond motifs is 5. The van der Waals surface area contributed by atoms with Crippen molar-refractivity contribution in [3.05, 3.63) is 76.4 Å². The smallest absolute Gasteiger partial charge is 0.304 e. The van der Waals surface area contributed by atoms with E-state index in [1.807, 2.05) is 0 Å². The molecule has 3 aromatic rings. The Labute approximate surface area is 240 Å². The van der Waals surface area contributed by atoms with Gasteiger partial charge in [0, 0.05) is 11.5 Å². The van der Waals surface area contributed by atoms with Gasteiger partial charge >= 0.3 is 5.82 Å². The molecule has 40 heavy (non-hydrogen) atoms. The summed E-state index contributed by atoms with van der Waals surface area (Å²) in [6.07, 6.45) is 24.2. The predicted molar refractivity (Wildman–Crippen MR) is 158 cm³/mol. The van der Waals surface area contributed by atoms with E-state index in [1.54, 1.807) is 16.7 Å². The van der Waals surface area contributed by atoms with Crippen LogP contribution in [-0.4, -0.2) is 15.9 Å². The molecular weight excluding hydrogens is 490 g/mol. The van der Waals surface area contributed by atoms with Crippen LogP contribution in [-0.2, 0) is 17.8 Å². The first-order chi connectivity index (χ1) is 19.8. The number of aromatic nitrogens is 3. The maximum absolute atomic E-state index is 6.45.